The minimum atomic E-state index is -0.217. The molecule has 0 aromatic heterocycles. The van der Waals surface area contributed by atoms with E-state index in [4.69, 9.17) is 0 Å². The highest BCUT2D eigenvalue weighted by Crippen LogP contribution is 2.26. The van der Waals surface area contributed by atoms with Crippen molar-refractivity contribution in [3.63, 3.8) is 0 Å². The summed E-state index contributed by atoms with van der Waals surface area (Å²) in [5, 5.41) is 0. The Morgan fingerprint density at radius 3 is 2.71 bits per heavy atom. The molecule has 1 atom stereocenters. The highest BCUT2D eigenvalue weighted by Gasteiger charge is 2.16. The van der Waals surface area contributed by atoms with Gasteiger partial charge in [-0.2, -0.15) is 0 Å². The molecule has 17 heavy (non-hydrogen) atoms. The Bertz CT molecular complexity index is 388. The van der Waals surface area contributed by atoms with Crippen molar-refractivity contribution in [2.75, 3.05) is 7.11 Å². The summed E-state index contributed by atoms with van der Waals surface area (Å²) in [6.45, 7) is 3.81. The van der Waals surface area contributed by atoms with Crippen LogP contribution in [0.1, 0.15) is 43.2 Å². The van der Waals surface area contributed by atoms with Gasteiger partial charge in [0.05, 0.1) is 13.5 Å². The molecule has 0 heterocycles. The van der Waals surface area contributed by atoms with Crippen molar-refractivity contribution in [1.82, 2.24) is 0 Å². The Balaban J connectivity index is 2.88. The summed E-state index contributed by atoms with van der Waals surface area (Å²) in [4.78, 5) is 11.3. The highest BCUT2D eigenvalue weighted by atomic mass is 19.1. The van der Waals surface area contributed by atoms with Crippen molar-refractivity contribution >= 4 is 5.97 Å². The summed E-state index contributed by atoms with van der Waals surface area (Å²) < 4.78 is 17.9. The van der Waals surface area contributed by atoms with E-state index in [9.17, 15) is 9.18 Å². The topological polar surface area (TPSA) is 26.3 Å². The van der Waals surface area contributed by atoms with Crippen molar-refractivity contribution in [1.29, 1.82) is 0 Å². The van der Waals surface area contributed by atoms with Gasteiger partial charge in [-0.1, -0.05) is 25.5 Å². The van der Waals surface area contributed by atoms with Crippen LogP contribution in [0.4, 0.5) is 4.39 Å². The lowest BCUT2D eigenvalue weighted by molar-refractivity contribution is -0.141. The molecule has 0 fully saturated rings. The van der Waals surface area contributed by atoms with Crippen LogP contribution in [-0.2, 0) is 9.53 Å². The maximum Gasteiger partial charge on any atom is 0.306 e. The fourth-order valence-electron chi connectivity index (χ4n) is 1.94. The van der Waals surface area contributed by atoms with Gasteiger partial charge in [-0.3, -0.25) is 4.79 Å². The van der Waals surface area contributed by atoms with Crippen molar-refractivity contribution in [3.8, 4) is 0 Å². The second-order valence-corrected chi connectivity index (χ2v) is 4.27. The van der Waals surface area contributed by atoms with E-state index in [0.29, 0.717) is 12.0 Å². The number of carbonyl (C=O) groups is 1. The monoisotopic (exact) mass is 238 g/mol. The van der Waals surface area contributed by atoms with Crippen LogP contribution in [-0.4, -0.2) is 13.1 Å². The minimum absolute atomic E-state index is 0.117. The Morgan fingerprint density at radius 2 is 2.18 bits per heavy atom. The number of hydrogen-bond acceptors (Lipinski definition) is 2. The minimum Gasteiger partial charge on any atom is -0.469 e. The molecule has 0 aliphatic heterocycles. The maximum atomic E-state index is 13.2. The average Bonchev–Trinajstić information content (AvgIpc) is 2.32. The summed E-state index contributed by atoms with van der Waals surface area (Å²) in [5.41, 5.74) is 1.63. The number of hydrogen-bond donors (Lipinski definition) is 0. The molecular formula is C14H19FO2. The first-order valence-electron chi connectivity index (χ1n) is 5.91. The molecule has 0 bridgehead atoms. The summed E-state index contributed by atoms with van der Waals surface area (Å²) >= 11 is 0. The fraction of sp³-hybridized carbons (Fsp3) is 0.500. The molecule has 2 nitrogen and oxygen atoms in total. The molecule has 0 aliphatic carbocycles. The van der Waals surface area contributed by atoms with Gasteiger partial charge in [-0.05, 0) is 36.5 Å². The summed E-state index contributed by atoms with van der Waals surface area (Å²) in [6.07, 6.45) is 2.24. The number of benzene rings is 1. The van der Waals surface area contributed by atoms with Crippen LogP contribution in [0.5, 0.6) is 0 Å². The van der Waals surface area contributed by atoms with Gasteiger partial charge in [-0.25, -0.2) is 4.39 Å². The quantitative estimate of drug-likeness (QED) is 0.733. The molecule has 0 saturated heterocycles. The zero-order valence-corrected chi connectivity index (χ0v) is 10.6. The number of methoxy groups -OCH3 is 1. The Hall–Kier alpha value is -1.38. The van der Waals surface area contributed by atoms with Crippen molar-refractivity contribution in [2.24, 2.45) is 0 Å². The van der Waals surface area contributed by atoms with Gasteiger partial charge in [0.2, 0.25) is 0 Å². The van der Waals surface area contributed by atoms with E-state index in [1.165, 1.54) is 13.2 Å². The molecule has 1 rings (SSSR count). The first-order valence-corrected chi connectivity index (χ1v) is 5.91. The van der Waals surface area contributed by atoms with E-state index in [2.05, 4.69) is 11.7 Å². The molecule has 0 N–H and O–H groups in total. The van der Waals surface area contributed by atoms with E-state index in [0.717, 1.165) is 18.4 Å². The smallest absolute Gasteiger partial charge is 0.306 e. The van der Waals surface area contributed by atoms with Crippen molar-refractivity contribution in [2.45, 2.75) is 39.0 Å². The maximum absolute atomic E-state index is 13.2. The zero-order valence-electron chi connectivity index (χ0n) is 10.6. The molecule has 0 spiro atoms. The van der Waals surface area contributed by atoms with E-state index < -0.39 is 0 Å². The van der Waals surface area contributed by atoms with Gasteiger partial charge in [0, 0.05) is 0 Å². The molecule has 1 aromatic rings. The Morgan fingerprint density at radius 1 is 1.47 bits per heavy atom. The normalized spacial score (nSPS) is 12.2. The Kier molecular flexibility index (Phi) is 5.13. The predicted octanol–water partition coefficient (Wildman–Crippen LogP) is 3.58. The van der Waals surface area contributed by atoms with Gasteiger partial charge >= 0.3 is 5.97 Å². The zero-order chi connectivity index (χ0) is 12.8. The first kappa shape index (κ1) is 13.7. The molecule has 0 amide bonds. The molecule has 0 aliphatic rings. The van der Waals surface area contributed by atoms with Gasteiger partial charge in [0.1, 0.15) is 5.82 Å². The lowest BCUT2D eigenvalue weighted by atomic mass is 9.90. The lowest BCUT2D eigenvalue weighted by Crippen LogP contribution is -2.09. The standard InChI is InChI=1S/C14H19FO2/c1-4-5-11(9-14(16)17-3)12-6-7-13(15)10(2)8-12/h6-8,11H,4-5,9H2,1-3H3. The SMILES string of the molecule is CCCC(CC(=O)OC)c1ccc(F)c(C)c1. The van der Waals surface area contributed by atoms with E-state index in [-0.39, 0.29) is 17.7 Å². The van der Waals surface area contributed by atoms with Gasteiger partial charge in [0.15, 0.2) is 0 Å². The van der Waals surface area contributed by atoms with Crippen LogP contribution in [0.2, 0.25) is 0 Å². The van der Waals surface area contributed by atoms with E-state index in [1.807, 2.05) is 6.07 Å². The molecule has 0 radical (unpaired) electrons. The number of esters is 1. The fourth-order valence-corrected chi connectivity index (χ4v) is 1.94. The number of aryl methyl sites for hydroxylation is 1. The molecule has 1 unspecified atom stereocenters. The third-order valence-electron chi connectivity index (χ3n) is 2.93. The average molecular weight is 238 g/mol. The van der Waals surface area contributed by atoms with Gasteiger partial charge in [-0.15, -0.1) is 0 Å². The Labute approximate surface area is 102 Å². The molecule has 0 saturated carbocycles. The highest BCUT2D eigenvalue weighted by molar-refractivity contribution is 5.70. The van der Waals surface area contributed by atoms with Crippen molar-refractivity contribution < 1.29 is 13.9 Å². The number of halogens is 1. The van der Waals surface area contributed by atoms with Crippen LogP contribution in [0, 0.1) is 12.7 Å². The summed E-state index contributed by atoms with van der Waals surface area (Å²) in [6, 6.07) is 5.04. The predicted molar refractivity (Wildman–Crippen MR) is 65.4 cm³/mol. The van der Waals surface area contributed by atoms with Crippen molar-refractivity contribution in [3.05, 3.63) is 35.1 Å². The molecule has 94 valence electrons. The second-order valence-electron chi connectivity index (χ2n) is 4.27. The first-order chi connectivity index (χ1) is 8.08. The summed E-state index contributed by atoms with van der Waals surface area (Å²) in [7, 11) is 1.39. The number of rotatable bonds is 5. The van der Waals surface area contributed by atoms with Gasteiger partial charge in [0.25, 0.3) is 0 Å². The number of carbonyl (C=O) groups excluding carboxylic acids is 1. The molecule has 3 heteroatoms. The second kappa shape index (κ2) is 6.38. The number of ether oxygens (including phenoxy) is 1. The van der Waals surface area contributed by atoms with E-state index >= 15 is 0 Å². The molecule has 1 aromatic carbocycles. The van der Waals surface area contributed by atoms with Crippen LogP contribution < -0.4 is 0 Å². The van der Waals surface area contributed by atoms with Crippen LogP contribution >= 0.6 is 0 Å². The van der Waals surface area contributed by atoms with Gasteiger partial charge < -0.3 is 4.74 Å². The third kappa shape index (κ3) is 3.84. The van der Waals surface area contributed by atoms with Crippen LogP contribution in [0.25, 0.3) is 0 Å². The molecular weight excluding hydrogens is 219 g/mol. The largest absolute Gasteiger partial charge is 0.469 e. The van der Waals surface area contributed by atoms with Crippen LogP contribution in [0.15, 0.2) is 18.2 Å². The summed E-state index contributed by atoms with van der Waals surface area (Å²) in [5.74, 6) is -0.306. The third-order valence-corrected chi connectivity index (χ3v) is 2.93. The lowest BCUT2D eigenvalue weighted by Gasteiger charge is -2.16. The van der Waals surface area contributed by atoms with E-state index in [1.54, 1.807) is 13.0 Å². The van der Waals surface area contributed by atoms with Crippen LogP contribution in [0.3, 0.4) is 0 Å².